The summed E-state index contributed by atoms with van der Waals surface area (Å²) in [5.41, 5.74) is 1.03. The van der Waals surface area contributed by atoms with Crippen LogP contribution in [0.3, 0.4) is 0 Å². The van der Waals surface area contributed by atoms with Crippen LogP contribution in [0.5, 0.6) is 5.75 Å². The SMILES string of the molecule is CCOC(=O)c1cc(-c2ccc(Br)cc2OC(F)F)n(CC)n1. The molecule has 0 saturated carbocycles. The maximum Gasteiger partial charge on any atom is 0.387 e. The molecule has 5 nitrogen and oxygen atoms in total. The Bertz CT molecular complexity index is 704. The van der Waals surface area contributed by atoms with Gasteiger partial charge in [0, 0.05) is 16.6 Å². The summed E-state index contributed by atoms with van der Waals surface area (Å²) in [6.45, 7) is 1.26. The number of aryl methyl sites for hydroxylation is 1. The van der Waals surface area contributed by atoms with Gasteiger partial charge in [0.05, 0.1) is 12.3 Å². The minimum atomic E-state index is -2.95. The van der Waals surface area contributed by atoms with Crippen molar-refractivity contribution in [2.75, 3.05) is 6.61 Å². The van der Waals surface area contributed by atoms with Crippen molar-refractivity contribution < 1.29 is 23.0 Å². The molecule has 8 heteroatoms. The van der Waals surface area contributed by atoms with E-state index in [9.17, 15) is 13.6 Å². The van der Waals surface area contributed by atoms with E-state index in [4.69, 9.17) is 4.74 Å². The number of aromatic nitrogens is 2. The Labute approximate surface area is 140 Å². The highest BCUT2D eigenvalue weighted by atomic mass is 79.9. The summed E-state index contributed by atoms with van der Waals surface area (Å²) in [5.74, 6) is -0.561. The summed E-state index contributed by atoms with van der Waals surface area (Å²) < 4.78 is 36.9. The predicted molar refractivity (Wildman–Crippen MR) is 83.6 cm³/mol. The van der Waals surface area contributed by atoms with Crippen molar-refractivity contribution in [2.24, 2.45) is 0 Å². The first kappa shape index (κ1) is 17.4. The zero-order valence-electron chi connectivity index (χ0n) is 12.6. The molecule has 0 amide bonds. The number of rotatable bonds is 6. The summed E-state index contributed by atoms with van der Waals surface area (Å²) in [5, 5.41) is 4.15. The molecule has 0 aliphatic rings. The van der Waals surface area contributed by atoms with E-state index >= 15 is 0 Å². The normalized spacial score (nSPS) is 10.9. The topological polar surface area (TPSA) is 53.4 Å². The van der Waals surface area contributed by atoms with Gasteiger partial charge < -0.3 is 9.47 Å². The maximum atomic E-state index is 12.6. The molecule has 124 valence electrons. The number of carbonyl (C=O) groups excluding carboxylic acids is 1. The monoisotopic (exact) mass is 388 g/mol. The quantitative estimate of drug-likeness (QED) is 0.698. The molecule has 0 N–H and O–H groups in total. The summed E-state index contributed by atoms with van der Waals surface area (Å²) in [6, 6.07) is 6.27. The van der Waals surface area contributed by atoms with Crippen LogP contribution in [0.1, 0.15) is 24.3 Å². The lowest BCUT2D eigenvalue weighted by Crippen LogP contribution is -2.07. The minimum Gasteiger partial charge on any atom is -0.461 e. The van der Waals surface area contributed by atoms with Crippen molar-refractivity contribution in [3.05, 3.63) is 34.4 Å². The molecule has 0 aliphatic heterocycles. The molecule has 2 rings (SSSR count). The highest BCUT2D eigenvalue weighted by molar-refractivity contribution is 9.10. The van der Waals surface area contributed by atoms with E-state index in [0.717, 1.165) is 0 Å². The zero-order valence-corrected chi connectivity index (χ0v) is 14.1. The molecule has 1 aromatic heterocycles. The average Bonchev–Trinajstić information content (AvgIpc) is 2.91. The van der Waals surface area contributed by atoms with Gasteiger partial charge in [0.1, 0.15) is 5.75 Å². The zero-order chi connectivity index (χ0) is 17.0. The first-order chi connectivity index (χ1) is 11.0. The van der Waals surface area contributed by atoms with Crippen LogP contribution in [0.2, 0.25) is 0 Å². The summed E-state index contributed by atoms with van der Waals surface area (Å²) in [7, 11) is 0. The van der Waals surface area contributed by atoms with E-state index in [1.54, 1.807) is 19.1 Å². The number of carbonyl (C=O) groups is 1. The third-order valence-corrected chi connectivity index (χ3v) is 3.49. The van der Waals surface area contributed by atoms with E-state index in [1.807, 2.05) is 6.92 Å². The van der Waals surface area contributed by atoms with Gasteiger partial charge in [-0.25, -0.2) is 4.79 Å². The molecular weight excluding hydrogens is 374 g/mol. The Kier molecular flexibility index (Phi) is 5.70. The van der Waals surface area contributed by atoms with Gasteiger partial charge in [0.25, 0.3) is 0 Å². The molecule has 0 spiro atoms. The Hall–Kier alpha value is -1.96. The van der Waals surface area contributed by atoms with Gasteiger partial charge in [-0.3, -0.25) is 4.68 Å². The number of nitrogens with zero attached hydrogens (tertiary/aromatic N) is 2. The molecule has 2 aromatic rings. The molecule has 0 radical (unpaired) electrons. The van der Waals surface area contributed by atoms with E-state index < -0.39 is 12.6 Å². The summed E-state index contributed by atoms with van der Waals surface area (Å²) in [4.78, 5) is 11.8. The van der Waals surface area contributed by atoms with Crippen molar-refractivity contribution >= 4 is 21.9 Å². The lowest BCUT2D eigenvalue weighted by molar-refractivity contribution is -0.0495. The van der Waals surface area contributed by atoms with Gasteiger partial charge >= 0.3 is 12.6 Å². The standard InChI is InChI=1S/C15H15BrF2N2O3/c1-3-20-12(8-11(19-20)14(21)22-4-2)10-6-5-9(16)7-13(10)23-15(17)18/h5-8,15H,3-4H2,1-2H3. The first-order valence-electron chi connectivity index (χ1n) is 6.96. The van der Waals surface area contributed by atoms with E-state index in [-0.39, 0.29) is 18.1 Å². The molecule has 0 atom stereocenters. The molecular formula is C15H15BrF2N2O3. The van der Waals surface area contributed by atoms with Crippen molar-refractivity contribution in [3.8, 4) is 17.0 Å². The van der Waals surface area contributed by atoms with Crippen LogP contribution >= 0.6 is 15.9 Å². The Morgan fingerprint density at radius 3 is 2.70 bits per heavy atom. The van der Waals surface area contributed by atoms with Crippen molar-refractivity contribution in [1.82, 2.24) is 9.78 Å². The largest absolute Gasteiger partial charge is 0.461 e. The van der Waals surface area contributed by atoms with Crippen LogP contribution in [0.15, 0.2) is 28.7 Å². The van der Waals surface area contributed by atoms with E-state index in [0.29, 0.717) is 22.3 Å². The van der Waals surface area contributed by atoms with Gasteiger partial charge in [-0.15, -0.1) is 0 Å². The molecule has 1 heterocycles. The fourth-order valence-electron chi connectivity index (χ4n) is 2.08. The Morgan fingerprint density at radius 2 is 2.09 bits per heavy atom. The number of alkyl halides is 2. The van der Waals surface area contributed by atoms with Crippen LogP contribution in [0, 0.1) is 0 Å². The fourth-order valence-corrected chi connectivity index (χ4v) is 2.42. The van der Waals surface area contributed by atoms with Gasteiger partial charge in [0.15, 0.2) is 5.69 Å². The second-order valence-corrected chi connectivity index (χ2v) is 5.39. The molecule has 1 aromatic carbocycles. The lowest BCUT2D eigenvalue weighted by atomic mass is 10.1. The Balaban J connectivity index is 2.50. The predicted octanol–water partition coefficient (Wildman–Crippen LogP) is 4.11. The smallest absolute Gasteiger partial charge is 0.387 e. The van der Waals surface area contributed by atoms with Crippen molar-refractivity contribution in [1.29, 1.82) is 0 Å². The van der Waals surface area contributed by atoms with Crippen LogP contribution in [-0.2, 0) is 11.3 Å². The number of hydrogen-bond donors (Lipinski definition) is 0. The first-order valence-corrected chi connectivity index (χ1v) is 7.75. The maximum absolute atomic E-state index is 12.6. The highest BCUT2D eigenvalue weighted by Crippen LogP contribution is 2.34. The molecule has 0 fully saturated rings. The van der Waals surface area contributed by atoms with E-state index in [1.165, 1.54) is 16.8 Å². The van der Waals surface area contributed by atoms with Gasteiger partial charge in [-0.1, -0.05) is 15.9 Å². The summed E-state index contributed by atoms with van der Waals surface area (Å²) in [6.07, 6.45) is 0. The number of benzene rings is 1. The minimum absolute atomic E-state index is 0.000570. The van der Waals surface area contributed by atoms with Crippen LogP contribution in [-0.4, -0.2) is 29.0 Å². The number of hydrogen-bond acceptors (Lipinski definition) is 4. The second-order valence-electron chi connectivity index (χ2n) is 4.47. The second kappa shape index (κ2) is 7.54. The third-order valence-electron chi connectivity index (χ3n) is 3.00. The van der Waals surface area contributed by atoms with Gasteiger partial charge in [0.2, 0.25) is 0 Å². The average molecular weight is 389 g/mol. The summed E-state index contributed by atoms with van der Waals surface area (Å²) >= 11 is 3.22. The number of ether oxygens (including phenoxy) is 2. The Morgan fingerprint density at radius 1 is 1.35 bits per heavy atom. The molecule has 0 bridgehead atoms. The highest BCUT2D eigenvalue weighted by Gasteiger charge is 2.19. The van der Waals surface area contributed by atoms with Crippen molar-refractivity contribution in [2.45, 2.75) is 27.0 Å². The van der Waals surface area contributed by atoms with Gasteiger partial charge in [-0.05, 0) is 38.1 Å². The van der Waals surface area contributed by atoms with Crippen LogP contribution in [0.4, 0.5) is 8.78 Å². The van der Waals surface area contributed by atoms with Gasteiger partial charge in [-0.2, -0.15) is 13.9 Å². The lowest BCUT2D eigenvalue weighted by Gasteiger charge is -2.12. The van der Waals surface area contributed by atoms with Crippen molar-refractivity contribution in [3.63, 3.8) is 0 Å². The molecule has 0 unspecified atom stereocenters. The molecule has 23 heavy (non-hydrogen) atoms. The fraction of sp³-hybridized carbons (Fsp3) is 0.333. The van der Waals surface area contributed by atoms with E-state index in [2.05, 4.69) is 25.8 Å². The van der Waals surface area contributed by atoms with Crippen LogP contribution < -0.4 is 4.74 Å². The molecule has 0 aliphatic carbocycles. The van der Waals surface area contributed by atoms with Crippen LogP contribution in [0.25, 0.3) is 11.3 Å². The third kappa shape index (κ3) is 4.07. The number of halogens is 3. The number of esters is 1. The molecule has 0 saturated heterocycles.